The van der Waals surface area contributed by atoms with Crippen molar-refractivity contribution in [2.75, 3.05) is 53.1 Å². The van der Waals surface area contributed by atoms with Gasteiger partial charge < -0.3 is 29.3 Å². The fraction of sp³-hybridized carbons (Fsp3) is 0.407. The summed E-state index contributed by atoms with van der Waals surface area (Å²) < 4.78 is 17.1. The number of carbonyl (C=O) groups is 2. The van der Waals surface area contributed by atoms with Gasteiger partial charge in [0.2, 0.25) is 0 Å². The number of ketones is 1. The fourth-order valence-corrected chi connectivity index (χ4v) is 5.08. The van der Waals surface area contributed by atoms with Crippen LogP contribution >= 0.6 is 15.9 Å². The minimum absolute atomic E-state index is 0.0589. The second-order valence-electron chi connectivity index (χ2n) is 8.80. The zero-order chi connectivity index (χ0) is 26.5. The van der Waals surface area contributed by atoms with E-state index in [1.165, 1.54) is 24.1 Å². The van der Waals surface area contributed by atoms with Crippen molar-refractivity contribution < 1.29 is 34.0 Å². The van der Waals surface area contributed by atoms with E-state index >= 15 is 0 Å². The van der Waals surface area contributed by atoms with E-state index in [4.69, 9.17) is 14.2 Å². The van der Waals surface area contributed by atoms with Crippen LogP contribution in [-0.2, 0) is 14.3 Å². The van der Waals surface area contributed by atoms with Crippen LogP contribution in [0, 0.1) is 0 Å². The molecule has 1 atom stereocenters. The maximum absolute atomic E-state index is 13.3. The Morgan fingerprint density at radius 1 is 1.11 bits per heavy atom. The van der Waals surface area contributed by atoms with Crippen LogP contribution < -0.4 is 9.47 Å². The highest BCUT2D eigenvalue weighted by Crippen LogP contribution is 2.43. The molecule has 2 N–H and O–H groups in total. The first-order chi connectivity index (χ1) is 17.8. The molecule has 2 aromatic rings. The summed E-state index contributed by atoms with van der Waals surface area (Å²) in [5, 5.41) is 21.7. The number of halogens is 1. The molecule has 2 fully saturated rings. The molecule has 0 radical (unpaired) electrons. The van der Waals surface area contributed by atoms with Crippen LogP contribution in [0.3, 0.4) is 0 Å². The van der Waals surface area contributed by atoms with Crippen LogP contribution in [-0.4, -0.2) is 84.8 Å². The van der Waals surface area contributed by atoms with Crippen molar-refractivity contribution in [2.24, 2.45) is 0 Å². The Balaban J connectivity index is 1.75. The largest absolute Gasteiger partial charge is 0.507 e. The van der Waals surface area contributed by atoms with Gasteiger partial charge in [-0.05, 0) is 49.2 Å². The van der Waals surface area contributed by atoms with Crippen molar-refractivity contribution in [3.63, 3.8) is 0 Å². The van der Waals surface area contributed by atoms with E-state index in [0.29, 0.717) is 54.3 Å². The third kappa shape index (κ3) is 5.76. The quantitative estimate of drug-likeness (QED) is 0.265. The number of aliphatic hydroxyl groups excluding tert-OH is 1. The normalized spacial score (nSPS) is 19.9. The number of amides is 1. The standard InChI is InChI=1S/C27H31BrN2O7/c1-3-37-21-8-5-17(15-22(21)35-2)24-23(25(32)19-16-18(28)6-7-20(19)31)26(33)27(34)30(24)10-4-9-29-11-13-36-14-12-29/h5-8,15-16,24,31-32H,3-4,9-14H2,1-2H3/t24-/m1/s1. The minimum Gasteiger partial charge on any atom is -0.507 e. The van der Waals surface area contributed by atoms with Gasteiger partial charge in [0.1, 0.15) is 11.5 Å². The molecule has 2 aliphatic heterocycles. The van der Waals surface area contributed by atoms with Crippen molar-refractivity contribution in [1.29, 1.82) is 0 Å². The van der Waals surface area contributed by atoms with Gasteiger partial charge in [-0.15, -0.1) is 0 Å². The van der Waals surface area contributed by atoms with Crippen LogP contribution in [0.25, 0.3) is 5.76 Å². The highest BCUT2D eigenvalue weighted by atomic mass is 79.9. The summed E-state index contributed by atoms with van der Waals surface area (Å²) in [6, 6.07) is 8.86. The first-order valence-electron chi connectivity index (χ1n) is 12.2. The number of rotatable bonds is 9. The number of ether oxygens (including phenoxy) is 3. The molecule has 10 heteroatoms. The summed E-state index contributed by atoms with van der Waals surface area (Å²) >= 11 is 3.33. The molecule has 4 rings (SSSR count). The Labute approximate surface area is 224 Å². The number of morpholine rings is 1. The van der Waals surface area contributed by atoms with Crippen LogP contribution in [0.2, 0.25) is 0 Å². The summed E-state index contributed by atoms with van der Waals surface area (Å²) in [5.74, 6) is -1.17. The van der Waals surface area contributed by atoms with Crippen molar-refractivity contribution in [1.82, 2.24) is 9.80 Å². The van der Waals surface area contributed by atoms with E-state index < -0.39 is 23.5 Å². The SMILES string of the molecule is CCOc1ccc([C@@H]2C(=C(O)c3cc(Br)ccc3O)C(=O)C(=O)N2CCCN2CCOCC2)cc1OC. The lowest BCUT2D eigenvalue weighted by atomic mass is 9.94. The number of hydrogen-bond donors (Lipinski definition) is 2. The average molecular weight is 575 g/mol. The van der Waals surface area contributed by atoms with Gasteiger partial charge in [-0.2, -0.15) is 0 Å². The van der Waals surface area contributed by atoms with Crippen molar-refractivity contribution >= 4 is 33.4 Å². The number of likely N-dealkylation sites (tertiary alicyclic amines) is 1. The molecule has 37 heavy (non-hydrogen) atoms. The number of benzene rings is 2. The maximum atomic E-state index is 13.3. The first kappa shape index (κ1) is 27.0. The van der Waals surface area contributed by atoms with Crippen molar-refractivity contribution in [2.45, 2.75) is 19.4 Å². The Morgan fingerprint density at radius 2 is 1.86 bits per heavy atom. The van der Waals surface area contributed by atoms with E-state index in [1.54, 1.807) is 24.3 Å². The highest BCUT2D eigenvalue weighted by molar-refractivity contribution is 9.10. The molecule has 1 amide bonds. The predicted molar refractivity (Wildman–Crippen MR) is 141 cm³/mol. The number of phenolic OH excluding ortho intramolecular Hbond substituents is 1. The third-order valence-corrected chi connectivity index (χ3v) is 7.03. The lowest BCUT2D eigenvalue weighted by Crippen LogP contribution is -2.39. The molecular formula is C27H31BrN2O7. The predicted octanol–water partition coefficient (Wildman–Crippen LogP) is 3.71. The van der Waals surface area contributed by atoms with Gasteiger partial charge in [0.25, 0.3) is 11.7 Å². The summed E-state index contributed by atoms with van der Waals surface area (Å²) in [7, 11) is 1.51. The number of nitrogens with zero attached hydrogens (tertiary/aromatic N) is 2. The molecule has 198 valence electrons. The van der Waals surface area contributed by atoms with Crippen LogP contribution in [0.5, 0.6) is 17.2 Å². The van der Waals surface area contributed by atoms with E-state index in [9.17, 15) is 19.8 Å². The number of hydrogen-bond acceptors (Lipinski definition) is 8. The Morgan fingerprint density at radius 3 is 2.57 bits per heavy atom. The molecule has 2 saturated heterocycles. The molecule has 0 aromatic heterocycles. The lowest BCUT2D eigenvalue weighted by Gasteiger charge is -2.29. The smallest absolute Gasteiger partial charge is 0.295 e. The highest BCUT2D eigenvalue weighted by Gasteiger charge is 2.46. The number of carbonyl (C=O) groups excluding carboxylic acids is 2. The summed E-state index contributed by atoms with van der Waals surface area (Å²) in [6.07, 6.45) is 0.639. The van der Waals surface area contributed by atoms with Gasteiger partial charge in [-0.25, -0.2) is 0 Å². The number of Topliss-reactive ketones (excluding diaryl/α,β-unsaturated/α-hetero) is 1. The Bertz CT molecular complexity index is 1190. The maximum Gasteiger partial charge on any atom is 0.295 e. The summed E-state index contributed by atoms with van der Waals surface area (Å²) in [5.41, 5.74) is 0.557. The zero-order valence-corrected chi connectivity index (χ0v) is 22.5. The Hall–Kier alpha value is -3.08. The number of phenols is 1. The molecule has 2 aliphatic rings. The monoisotopic (exact) mass is 574 g/mol. The number of aliphatic hydroxyl groups is 1. The van der Waals surface area contributed by atoms with Crippen LogP contribution in [0.4, 0.5) is 0 Å². The molecule has 0 saturated carbocycles. The van der Waals surface area contributed by atoms with Gasteiger partial charge in [0, 0.05) is 30.7 Å². The van der Waals surface area contributed by atoms with E-state index in [0.717, 1.165) is 19.6 Å². The van der Waals surface area contributed by atoms with Crippen molar-refractivity contribution in [3.8, 4) is 17.2 Å². The van der Waals surface area contributed by atoms with Crippen molar-refractivity contribution in [3.05, 3.63) is 57.6 Å². The second-order valence-corrected chi connectivity index (χ2v) is 9.72. The van der Waals surface area contributed by atoms with Gasteiger partial charge >= 0.3 is 0 Å². The molecular weight excluding hydrogens is 544 g/mol. The fourth-order valence-electron chi connectivity index (χ4n) is 4.72. The third-order valence-electron chi connectivity index (χ3n) is 6.53. The molecule has 2 aromatic carbocycles. The molecule has 0 bridgehead atoms. The van der Waals surface area contributed by atoms with Gasteiger partial charge in [-0.3, -0.25) is 14.5 Å². The first-order valence-corrected chi connectivity index (χ1v) is 13.0. The van der Waals surface area contributed by atoms with E-state index in [1.807, 2.05) is 6.92 Å². The molecule has 2 heterocycles. The second kappa shape index (κ2) is 12.0. The topological polar surface area (TPSA) is 109 Å². The van der Waals surface area contributed by atoms with Gasteiger partial charge in [0.15, 0.2) is 11.5 Å². The number of aromatic hydroxyl groups is 1. The van der Waals surface area contributed by atoms with Crippen LogP contribution in [0.15, 0.2) is 46.4 Å². The molecule has 0 unspecified atom stereocenters. The summed E-state index contributed by atoms with van der Waals surface area (Å²) in [4.78, 5) is 30.3. The van der Waals surface area contributed by atoms with E-state index in [2.05, 4.69) is 20.8 Å². The van der Waals surface area contributed by atoms with Gasteiger partial charge in [-0.1, -0.05) is 22.0 Å². The molecule has 0 aliphatic carbocycles. The zero-order valence-electron chi connectivity index (χ0n) is 20.9. The number of methoxy groups -OCH3 is 1. The Kier molecular flexibility index (Phi) is 8.73. The lowest BCUT2D eigenvalue weighted by molar-refractivity contribution is -0.140. The molecule has 0 spiro atoms. The molecule has 9 nitrogen and oxygen atoms in total. The van der Waals surface area contributed by atoms with Crippen LogP contribution in [0.1, 0.15) is 30.5 Å². The summed E-state index contributed by atoms with van der Waals surface area (Å²) in [6.45, 7) is 6.35. The average Bonchev–Trinajstić information content (AvgIpc) is 3.15. The minimum atomic E-state index is -0.868. The van der Waals surface area contributed by atoms with E-state index in [-0.39, 0.29) is 16.9 Å². The van der Waals surface area contributed by atoms with Gasteiger partial charge in [0.05, 0.1) is 44.1 Å².